The van der Waals surface area contributed by atoms with E-state index >= 15 is 0 Å². The highest BCUT2D eigenvalue weighted by molar-refractivity contribution is 7.89. The van der Waals surface area contributed by atoms with Crippen LogP contribution in [-0.4, -0.2) is 59.3 Å². The summed E-state index contributed by atoms with van der Waals surface area (Å²) in [5, 5.41) is 0. The number of carbonyl (C=O) groups is 1. The molecular weight excluding hydrogens is 436 g/mol. The van der Waals surface area contributed by atoms with Crippen LogP contribution in [0, 0.1) is 5.92 Å². The molecule has 0 aliphatic carbocycles. The van der Waals surface area contributed by atoms with Gasteiger partial charge < -0.3 is 9.47 Å². The number of benzene rings is 1. The number of aromatic nitrogens is 2. The maximum atomic E-state index is 13.0. The second kappa shape index (κ2) is 10.6. The molecule has 0 radical (unpaired) electrons. The maximum Gasteiger partial charge on any atom is 0.243 e. The number of piperidine rings is 1. The van der Waals surface area contributed by atoms with Gasteiger partial charge in [-0.05, 0) is 56.2 Å². The SMILES string of the molecule is CCCC1CCCN(C(=O)CCc2nc3cc(S(=O)(=O)N4CCCCC4)ccc3n2C)CC1. The summed E-state index contributed by atoms with van der Waals surface area (Å²) in [4.78, 5) is 19.9. The van der Waals surface area contributed by atoms with Crippen molar-refractivity contribution in [2.75, 3.05) is 26.2 Å². The van der Waals surface area contributed by atoms with Crippen LogP contribution < -0.4 is 0 Å². The Kier molecular flexibility index (Phi) is 7.74. The second-order valence-corrected chi connectivity index (χ2v) is 11.6. The van der Waals surface area contributed by atoms with Crippen molar-refractivity contribution in [1.82, 2.24) is 18.8 Å². The average Bonchev–Trinajstić information content (AvgIpc) is 2.97. The van der Waals surface area contributed by atoms with Crippen LogP contribution in [0.25, 0.3) is 11.0 Å². The summed E-state index contributed by atoms with van der Waals surface area (Å²) in [5.74, 6) is 1.78. The van der Waals surface area contributed by atoms with Crippen LogP contribution in [0.2, 0.25) is 0 Å². The molecule has 2 saturated heterocycles. The van der Waals surface area contributed by atoms with Gasteiger partial charge in [-0.1, -0.05) is 26.2 Å². The minimum Gasteiger partial charge on any atom is -0.343 e. The molecule has 2 aliphatic rings. The quantitative estimate of drug-likeness (QED) is 0.605. The van der Waals surface area contributed by atoms with Crippen LogP contribution in [-0.2, 0) is 28.3 Å². The molecule has 0 saturated carbocycles. The van der Waals surface area contributed by atoms with E-state index in [9.17, 15) is 13.2 Å². The summed E-state index contributed by atoms with van der Waals surface area (Å²) < 4.78 is 29.7. The second-order valence-electron chi connectivity index (χ2n) is 9.67. The van der Waals surface area contributed by atoms with E-state index in [1.54, 1.807) is 16.4 Å². The number of likely N-dealkylation sites (tertiary alicyclic amines) is 1. The third-order valence-electron chi connectivity index (χ3n) is 7.36. The molecule has 3 heterocycles. The van der Waals surface area contributed by atoms with Gasteiger partial charge in [-0.15, -0.1) is 0 Å². The number of hydrogen-bond donors (Lipinski definition) is 0. The molecule has 1 atom stereocenters. The molecule has 0 N–H and O–H groups in total. The summed E-state index contributed by atoms with van der Waals surface area (Å²) in [5.41, 5.74) is 1.57. The predicted molar refractivity (Wildman–Crippen MR) is 130 cm³/mol. The summed E-state index contributed by atoms with van der Waals surface area (Å²) in [6.45, 7) is 5.14. The lowest BCUT2D eigenvalue weighted by Gasteiger charge is -2.25. The number of fused-ring (bicyclic) bond motifs is 1. The van der Waals surface area contributed by atoms with E-state index < -0.39 is 10.0 Å². The fourth-order valence-corrected chi connectivity index (χ4v) is 6.89. The monoisotopic (exact) mass is 474 g/mol. The van der Waals surface area contributed by atoms with E-state index in [-0.39, 0.29) is 5.91 Å². The van der Waals surface area contributed by atoms with Crippen LogP contribution in [0.5, 0.6) is 0 Å². The van der Waals surface area contributed by atoms with Gasteiger partial charge in [0.25, 0.3) is 0 Å². The van der Waals surface area contributed by atoms with Crippen LogP contribution >= 0.6 is 0 Å². The fourth-order valence-electron chi connectivity index (χ4n) is 5.36. The van der Waals surface area contributed by atoms with Gasteiger partial charge in [-0.25, -0.2) is 13.4 Å². The largest absolute Gasteiger partial charge is 0.343 e. The van der Waals surface area contributed by atoms with Gasteiger partial charge in [0.15, 0.2) is 0 Å². The number of imidazole rings is 1. The van der Waals surface area contributed by atoms with Gasteiger partial charge in [-0.3, -0.25) is 4.79 Å². The minimum atomic E-state index is -3.49. The number of rotatable bonds is 7. The Morgan fingerprint density at radius 3 is 2.61 bits per heavy atom. The molecule has 1 aromatic carbocycles. The van der Waals surface area contributed by atoms with E-state index in [0.717, 1.165) is 62.5 Å². The molecule has 1 unspecified atom stereocenters. The Labute approximate surface area is 198 Å². The Bertz CT molecular complexity index is 1070. The van der Waals surface area contributed by atoms with E-state index in [1.165, 1.54) is 19.3 Å². The lowest BCUT2D eigenvalue weighted by atomic mass is 9.96. The van der Waals surface area contributed by atoms with Crippen molar-refractivity contribution in [2.24, 2.45) is 13.0 Å². The van der Waals surface area contributed by atoms with Gasteiger partial charge in [-0.2, -0.15) is 4.31 Å². The summed E-state index contributed by atoms with van der Waals surface area (Å²) in [6, 6.07) is 5.22. The Morgan fingerprint density at radius 2 is 1.85 bits per heavy atom. The molecule has 2 fully saturated rings. The molecule has 182 valence electrons. The van der Waals surface area contributed by atoms with Gasteiger partial charge in [0.2, 0.25) is 15.9 Å². The van der Waals surface area contributed by atoms with E-state index in [1.807, 2.05) is 22.6 Å². The number of aryl methyl sites for hydroxylation is 2. The first-order valence-electron chi connectivity index (χ1n) is 12.6. The molecule has 7 nitrogen and oxygen atoms in total. The first-order valence-corrected chi connectivity index (χ1v) is 14.1. The van der Waals surface area contributed by atoms with Crippen molar-refractivity contribution in [2.45, 2.75) is 76.0 Å². The first kappa shape index (κ1) is 24.2. The molecule has 2 aromatic rings. The van der Waals surface area contributed by atoms with Gasteiger partial charge in [0, 0.05) is 46.1 Å². The fraction of sp³-hybridized carbons (Fsp3) is 0.680. The molecule has 33 heavy (non-hydrogen) atoms. The van der Waals surface area contributed by atoms with Gasteiger partial charge in [0.05, 0.1) is 15.9 Å². The van der Waals surface area contributed by atoms with Crippen molar-refractivity contribution in [3.63, 3.8) is 0 Å². The number of sulfonamides is 1. The smallest absolute Gasteiger partial charge is 0.243 e. The third kappa shape index (κ3) is 5.43. The van der Waals surface area contributed by atoms with Crippen molar-refractivity contribution in [3.05, 3.63) is 24.0 Å². The molecule has 1 amide bonds. The van der Waals surface area contributed by atoms with E-state index in [4.69, 9.17) is 4.98 Å². The van der Waals surface area contributed by atoms with Crippen LogP contribution in [0.15, 0.2) is 23.1 Å². The normalized spacial score (nSPS) is 20.8. The van der Waals surface area contributed by atoms with Crippen molar-refractivity contribution >= 4 is 27.0 Å². The molecule has 0 spiro atoms. The van der Waals surface area contributed by atoms with Crippen LogP contribution in [0.3, 0.4) is 0 Å². The number of carbonyl (C=O) groups excluding carboxylic acids is 1. The summed E-state index contributed by atoms with van der Waals surface area (Å²) in [6.07, 6.45) is 9.83. The lowest BCUT2D eigenvalue weighted by molar-refractivity contribution is -0.131. The Morgan fingerprint density at radius 1 is 1.06 bits per heavy atom. The number of hydrogen-bond acceptors (Lipinski definition) is 4. The zero-order valence-corrected chi connectivity index (χ0v) is 20.9. The third-order valence-corrected chi connectivity index (χ3v) is 9.25. The molecular formula is C25H38N4O3S. The van der Waals surface area contributed by atoms with Crippen molar-refractivity contribution in [1.29, 1.82) is 0 Å². The highest BCUT2D eigenvalue weighted by Crippen LogP contribution is 2.26. The molecule has 1 aromatic heterocycles. The minimum absolute atomic E-state index is 0.201. The number of amides is 1. The molecule has 4 rings (SSSR count). The predicted octanol–water partition coefficient (Wildman–Crippen LogP) is 4.11. The number of nitrogens with zero attached hydrogens (tertiary/aromatic N) is 4. The van der Waals surface area contributed by atoms with Crippen molar-refractivity contribution in [3.8, 4) is 0 Å². The zero-order chi connectivity index (χ0) is 23.4. The topological polar surface area (TPSA) is 75.5 Å². The lowest BCUT2D eigenvalue weighted by Crippen LogP contribution is -2.35. The Hall–Kier alpha value is -1.93. The van der Waals surface area contributed by atoms with Crippen LogP contribution in [0.1, 0.15) is 70.5 Å². The zero-order valence-electron chi connectivity index (χ0n) is 20.1. The summed E-state index contributed by atoms with van der Waals surface area (Å²) >= 11 is 0. The average molecular weight is 475 g/mol. The molecule has 8 heteroatoms. The highest BCUT2D eigenvalue weighted by Gasteiger charge is 2.27. The summed E-state index contributed by atoms with van der Waals surface area (Å²) in [7, 11) is -1.55. The van der Waals surface area contributed by atoms with Crippen LogP contribution in [0.4, 0.5) is 0 Å². The molecule has 2 aliphatic heterocycles. The van der Waals surface area contributed by atoms with Crippen molar-refractivity contribution < 1.29 is 13.2 Å². The van der Waals surface area contributed by atoms with E-state index in [0.29, 0.717) is 36.3 Å². The highest BCUT2D eigenvalue weighted by atomic mass is 32.2. The standard InChI is InChI=1S/C25H38N4O3S/c1-3-8-20-9-7-15-28(18-14-20)25(30)13-12-24-26-22-19-21(10-11-23(22)27(24)2)33(31,32)29-16-5-4-6-17-29/h10-11,19-20H,3-9,12-18H2,1-2H3. The maximum absolute atomic E-state index is 13.0. The van der Waals surface area contributed by atoms with Gasteiger partial charge >= 0.3 is 0 Å². The Balaban J connectivity index is 1.43. The van der Waals surface area contributed by atoms with E-state index in [2.05, 4.69) is 6.92 Å². The van der Waals surface area contributed by atoms with Gasteiger partial charge in [0.1, 0.15) is 5.82 Å². The first-order chi connectivity index (χ1) is 15.9. The molecule has 0 bridgehead atoms.